The highest BCUT2D eigenvalue weighted by molar-refractivity contribution is 7.90. The third kappa shape index (κ3) is 9.53. The monoisotopic (exact) mass is 517 g/mol. The number of hydroxylamine groups is 2. The number of thiol groups is 1. The highest BCUT2D eigenvalue weighted by Crippen LogP contribution is 2.27. The summed E-state index contributed by atoms with van der Waals surface area (Å²) in [6.45, 7) is 3.59. The molecule has 0 fully saturated rings. The van der Waals surface area contributed by atoms with E-state index in [2.05, 4.69) is 17.9 Å². The highest BCUT2D eigenvalue weighted by Gasteiger charge is 2.53. The predicted octanol–water partition coefficient (Wildman–Crippen LogP) is 1.88. The number of rotatable bonds is 17. The van der Waals surface area contributed by atoms with E-state index in [4.69, 9.17) is 10.6 Å². The Hall–Kier alpha value is -1.66. The fourth-order valence-electron chi connectivity index (χ4n) is 3.62. The van der Waals surface area contributed by atoms with Crippen LogP contribution in [-0.2, 0) is 30.7 Å². The number of unbranched alkanes of at least 4 members (excludes halogenated alkanes) is 2. The van der Waals surface area contributed by atoms with E-state index in [0.717, 1.165) is 29.7 Å². The van der Waals surface area contributed by atoms with Crippen LogP contribution in [0.3, 0.4) is 0 Å². The van der Waals surface area contributed by atoms with Gasteiger partial charge in [0.15, 0.2) is 0 Å². The Morgan fingerprint density at radius 1 is 1.26 bits per heavy atom. The third-order valence-electron chi connectivity index (χ3n) is 5.45. The van der Waals surface area contributed by atoms with Crippen molar-refractivity contribution in [3.8, 4) is 0 Å². The van der Waals surface area contributed by atoms with Crippen LogP contribution in [0, 0.1) is 5.92 Å². The molecule has 0 aromatic heterocycles. The van der Waals surface area contributed by atoms with Crippen LogP contribution >= 0.6 is 12.6 Å². The lowest BCUT2D eigenvalue weighted by molar-refractivity contribution is -0.243. The Bertz CT molecular complexity index is 869. The zero-order chi connectivity index (χ0) is 25.8. The van der Waals surface area contributed by atoms with Crippen LogP contribution in [0.15, 0.2) is 30.3 Å². The lowest BCUT2D eigenvalue weighted by atomic mass is 9.93. The average Bonchev–Trinajstić information content (AvgIpc) is 2.78. The molecular formula is C23H39N3O6S2. The maximum absolute atomic E-state index is 13.4. The van der Waals surface area contributed by atoms with Gasteiger partial charge in [-0.15, -0.1) is 0 Å². The first-order valence-corrected chi connectivity index (χ1v) is 14.2. The van der Waals surface area contributed by atoms with Crippen molar-refractivity contribution in [2.24, 2.45) is 11.7 Å². The number of benzene rings is 1. The number of aliphatic carboxylic acids is 1. The van der Waals surface area contributed by atoms with E-state index < -0.39 is 45.1 Å². The zero-order valence-corrected chi connectivity index (χ0v) is 22.0. The van der Waals surface area contributed by atoms with Gasteiger partial charge in [0, 0.05) is 36.9 Å². The lowest BCUT2D eigenvalue weighted by Gasteiger charge is -2.44. The summed E-state index contributed by atoms with van der Waals surface area (Å²) in [7, 11) is -3.57. The van der Waals surface area contributed by atoms with Crippen molar-refractivity contribution in [1.82, 2.24) is 10.4 Å². The molecule has 9 nitrogen and oxygen atoms in total. The van der Waals surface area contributed by atoms with Crippen molar-refractivity contribution in [3.05, 3.63) is 35.9 Å². The first kappa shape index (κ1) is 30.4. The van der Waals surface area contributed by atoms with E-state index in [1.54, 1.807) is 0 Å². The number of hydrogen-bond donors (Lipinski definition) is 4. The number of carbonyl (C=O) groups excluding carboxylic acids is 1. The van der Waals surface area contributed by atoms with Gasteiger partial charge >= 0.3 is 5.97 Å². The maximum Gasteiger partial charge on any atom is 0.347 e. The zero-order valence-electron chi connectivity index (χ0n) is 20.3. The van der Waals surface area contributed by atoms with Gasteiger partial charge in [0.25, 0.3) is 0 Å². The fourth-order valence-corrected chi connectivity index (χ4v) is 4.90. The van der Waals surface area contributed by atoms with Crippen LogP contribution in [0.1, 0.15) is 45.1 Å². The van der Waals surface area contributed by atoms with E-state index in [9.17, 15) is 23.1 Å². The van der Waals surface area contributed by atoms with Gasteiger partial charge < -0.3 is 10.8 Å². The number of sulfone groups is 1. The van der Waals surface area contributed by atoms with Crippen LogP contribution in [0.2, 0.25) is 0 Å². The van der Waals surface area contributed by atoms with E-state index in [1.165, 1.54) is 6.92 Å². The predicted molar refractivity (Wildman–Crippen MR) is 136 cm³/mol. The van der Waals surface area contributed by atoms with Crippen molar-refractivity contribution in [2.45, 2.75) is 57.7 Å². The summed E-state index contributed by atoms with van der Waals surface area (Å²) in [6, 6.07) is 8.81. The molecule has 34 heavy (non-hydrogen) atoms. The minimum Gasteiger partial charge on any atom is -0.478 e. The van der Waals surface area contributed by atoms with E-state index >= 15 is 0 Å². The molecule has 1 aromatic rings. The Morgan fingerprint density at radius 2 is 1.91 bits per heavy atom. The Labute approximate surface area is 208 Å². The molecule has 1 rings (SSSR count). The Balaban J connectivity index is 3.39. The number of amides is 1. The molecule has 194 valence electrons. The topological polar surface area (TPSA) is 139 Å². The van der Waals surface area contributed by atoms with Gasteiger partial charge in [-0.1, -0.05) is 57.0 Å². The number of carboxylic acids is 1. The highest BCUT2D eigenvalue weighted by atomic mass is 32.2. The second kappa shape index (κ2) is 14.7. The summed E-state index contributed by atoms with van der Waals surface area (Å²) in [5, 5.41) is 14.1. The molecule has 3 atom stereocenters. The van der Waals surface area contributed by atoms with Gasteiger partial charge in [0.05, 0.1) is 12.4 Å². The number of nitrogens with zero attached hydrogens (tertiary/aromatic N) is 1. The summed E-state index contributed by atoms with van der Waals surface area (Å²) in [5.74, 6) is -3.22. The number of carbonyl (C=O) groups is 2. The minimum absolute atomic E-state index is 0.00924. The van der Waals surface area contributed by atoms with Crippen LogP contribution in [-0.4, -0.2) is 73.1 Å². The van der Waals surface area contributed by atoms with Crippen molar-refractivity contribution < 1.29 is 28.0 Å². The second-order valence-electron chi connectivity index (χ2n) is 8.60. The van der Waals surface area contributed by atoms with E-state index in [1.807, 2.05) is 37.3 Å². The lowest BCUT2D eigenvalue weighted by Crippen LogP contribution is -2.71. The number of aryl methyl sites for hydroxylation is 1. The standard InChI is InChI=1S/C23H39N3O6S2/c1-4-5-9-14-32-26(21(27)13-12-19-10-7-6-8-11-19)23(22(28)29,25-15-20(24)16-33)18(2)17-34(3,30)31/h6-8,10-11,18,20,25,33H,4-5,9,12-17,24H2,1-3H3,(H,28,29)/t18-,20?,23-/m1/s1. The largest absolute Gasteiger partial charge is 0.478 e. The summed E-state index contributed by atoms with van der Waals surface area (Å²) in [6.07, 6.45) is 3.75. The van der Waals surface area contributed by atoms with Crippen LogP contribution in [0.25, 0.3) is 0 Å². The summed E-state index contributed by atoms with van der Waals surface area (Å²) in [4.78, 5) is 32.0. The van der Waals surface area contributed by atoms with Gasteiger partial charge in [-0.05, 0) is 18.4 Å². The number of hydrogen-bond acceptors (Lipinski definition) is 8. The maximum atomic E-state index is 13.4. The third-order valence-corrected chi connectivity index (χ3v) is 7.02. The van der Waals surface area contributed by atoms with Gasteiger partial charge in [0.1, 0.15) is 9.84 Å². The van der Waals surface area contributed by atoms with E-state index in [0.29, 0.717) is 12.8 Å². The molecule has 0 spiro atoms. The van der Waals surface area contributed by atoms with Crippen molar-refractivity contribution in [3.63, 3.8) is 0 Å². The summed E-state index contributed by atoms with van der Waals surface area (Å²) < 4.78 is 24.2. The first-order valence-electron chi connectivity index (χ1n) is 11.5. The molecule has 0 aliphatic rings. The molecule has 1 aromatic carbocycles. The van der Waals surface area contributed by atoms with Gasteiger partial charge in [-0.25, -0.2) is 13.2 Å². The average molecular weight is 518 g/mol. The summed E-state index contributed by atoms with van der Waals surface area (Å²) in [5.41, 5.74) is 4.74. The normalized spacial score (nSPS) is 15.3. The molecule has 0 radical (unpaired) electrons. The smallest absolute Gasteiger partial charge is 0.347 e. The SMILES string of the molecule is CCCCCON(C(=O)CCc1ccccc1)[C@@](NCC(N)CS)(C(=O)O)[C@H](C)CS(C)(=O)=O. The molecular weight excluding hydrogens is 478 g/mol. The Kier molecular flexibility index (Phi) is 13.1. The van der Waals surface area contributed by atoms with E-state index in [-0.39, 0.29) is 25.3 Å². The molecule has 0 saturated heterocycles. The van der Waals surface area contributed by atoms with Gasteiger partial charge in [-0.3, -0.25) is 14.9 Å². The van der Waals surface area contributed by atoms with Crippen LogP contribution < -0.4 is 11.1 Å². The second-order valence-corrected chi connectivity index (χ2v) is 11.2. The molecule has 4 N–H and O–H groups in total. The number of nitrogens with two attached hydrogens (primary N) is 1. The quantitative estimate of drug-likeness (QED) is 0.106. The van der Waals surface area contributed by atoms with Crippen LogP contribution in [0.4, 0.5) is 0 Å². The minimum atomic E-state index is -3.57. The molecule has 1 amide bonds. The van der Waals surface area contributed by atoms with Crippen LogP contribution in [0.5, 0.6) is 0 Å². The molecule has 0 saturated carbocycles. The molecule has 0 bridgehead atoms. The number of carboxylic acid groups (broad SMARTS) is 1. The molecule has 11 heteroatoms. The molecule has 0 aliphatic carbocycles. The molecule has 0 heterocycles. The van der Waals surface area contributed by atoms with Crippen molar-refractivity contribution in [2.75, 3.05) is 30.9 Å². The molecule has 0 aliphatic heterocycles. The van der Waals surface area contributed by atoms with Crippen molar-refractivity contribution in [1.29, 1.82) is 0 Å². The Morgan fingerprint density at radius 3 is 2.44 bits per heavy atom. The fraction of sp³-hybridized carbons (Fsp3) is 0.652. The number of nitrogens with one attached hydrogen (secondary N) is 1. The van der Waals surface area contributed by atoms with Gasteiger partial charge in [0.2, 0.25) is 11.6 Å². The van der Waals surface area contributed by atoms with Gasteiger partial charge in [-0.2, -0.15) is 17.7 Å². The molecule has 1 unspecified atom stereocenters. The van der Waals surface area contributed by atoms with Crippen molar-refractivity contribution >= 4 is 34.3 Å². The summed E-state index contributed by atoms with van der Waals surface area (Å²) >= 11 is 4.14. The first-order chi connectivity index (χ1) is 16.0.